The summed E-state index contributed by atoms with van der Waals surface area (Å²) in [5.41, 5.74) is 1.63. The van der Waals surface area contributed by atoms with Crippen LogP contribution in [-0.2, 0) is 6.54 Å². The van der Waals surface area contributed by atoms with E-state index in [-0.39, 0.29) is 18.2 Å². The molecule has 2 heterocycles. The topological polar surface area (TPSA) is 42.0 Å². The molecular formula is C8H9ClN2O. The molecule has 0 amide bonds. The summed E-state index contributed by atoms with van der Waals surface area (Å²) in [7, 11) is 0. The first kappa shape index (κ1) is 9.16. The first-order chi connectivity index (χ1) is 5.38. The molecule has 1 aliphatic heterocycles. The number of ketones is 1. The number of rotatable bonds is 0. The van der Waals surface area contributed by atoms with Crippen LogP contribution in [0.25, 0.3) is 0 Å². The van der Waals surface area contributed by atoms with Gasteiger partial charge < -0.3 is 5.32 Å². The lowest BCUT2D eigenvalue weighted by Gasteiger charge is -2.13. The molecule has 0 bridgehead atoms. The van der Waals surface area contributed by atoms with Gasteiger partial charge in [-0.15, -0.1) is 12.4 Å². The van der Waals surface area contributed by atoms with Crippen molar-refractivity contribution < 1.29 is 4.79 Å². The number of pyridine rings is 1. The van der Waals surface area contributed by atoms with Gasteiger partial charge in [-0.2, -0.15) is 0 Å². The molecule has 1 aliphatic rings. The van der Waals surface area contributed by atoms with Crippen molar-refractivity contribution in [3.8, 4) is 0 Å². The van der Waals surface area contributed by atoms with Crippen LogP contribution in [0.1, 0.15) is 16.1 Å². The van der Waals surface area contributed by atoms with Crippen LogP contribution >= 0.6 is 12.4 Å². The van der Waals surface area contributed by atoms with Gasteiger partial charge in [0, 0.05) is 18.3 Å². The lowest BCUT2D eigenvalue weighted by Crippen LogP contribution is -2.30. The standard InChI is InChI=1S/C8H8N2O.ClH/c11-8-5-9-4-7-6(8)2-1-3-10-7;/h1-3,9H,4-5H2;1H. The second kappa shape index (κ2) is 3.65. The zero-order valence-corrected chi connectivity index (χ0v) is 7.23. The highest BCUT2D eigenvalue weighted by Gasteiger charge is 2.15. The van der Waals surface area contributed by atoms with Crippen molar-refractivity contribution >= 4 is 18.2 Å². The quantitative estimate of drug-likeness (QED) is 0.648. The van der Waals surface area contributed by atoms with Gasteiger partial charge in [-0.3, -0.25) is 9.78 Å². The number of carbonyl (C=O) groups excluding carboxylic acids is 1. The van der Waals surface area contributed by atoms with Crippen LogP contribution in [0.2, 0.25) is 0 Å². The Labute approximate surface area is 76.6 Å². The largest absolute Gasteiger partial charge is 0.304 e. The Balaban J connectivity index is 0.000000720. The average Bonchev–Trinajstić information content (AvgIpc) is 2.06. The van der Waals surface area contributed by atoms with Crippen LogP contribution < -0.4 is 5.32 Å². The summed E-state index contributed by atoms with van der Waals surface area (Å²) in [4.78, 5) is 15.3. The molecule has 64 valence electrons. The molecule has 4 heteroatoms. The van der Waals surface area contributed by atoms with Crippen LogP contribution in [0.4, 0.5) is 0 Å². The fourth-order valence-corrected chi connectivity index (χ4v) is 1.22. The minimum absolute atomic E-state index is 0. The molecule has 0 aromatic carbocycles. The number of carbonyl (C=O) groups is 1. The van der Waals surface area contributed by atoms with Crippen LogP contribution in [-0.4, -0.2) is 17.3 Å². The van der Waals surface area contributed by atoms with Crippen molar-refractivity contribution in [3.63, 3.8) is 0 Å². The van der Waals surface area contributed by atoms with Crippen LogP contribution in [0.15, 0.2) is 18.3 Å². The minimum atomic E-state index is 0. The molecule has 0 unspecified atom stereocenters. The van der Waals surface area contributed by atoms with E-state index >= 15 is 0 Å². The Kier molecular flexibility index (Phi) is 2.78. The Hall–Kier alpha value is -0.930. The average molecular weight is 185 g/mol. The van der Waals surface area contributed by atoms with Gasteiger partial charge in [0.25, 0.3) is 0 Å². The number of aromatic nitrogens is 1. The molecule has 0 spiro atoms. The number of hydrogen-bond donors (Lipinski definition) is 1. The van der Waals surface area contributed by atoms with Crippen molar-refractivity contribution in [1.29, 1.82) is 0 Å². The lowest BCUT2D eigenvalue weighted by molar-refractivity contribution is 0.0981. The van der Waals surface area contributed by atoms with Crippen LogP contribution in [0, 0.1) is 0 Å². The van der Waals surface area contributed by atoms with E-state index in [1.54, 1.807) is 12.3 Å². The maximum atomic E-state index is 11.2. The van der Waals surface area contributed by atoms with E-state index in [0.717, 1.165) is 11.3 Å². The van der Waals surface area contributed by atoms with Gasteiger partial charge >= 0.3 is 0 Å². The molecule has 12 heavy (non-hydrogen) atoms. The van der Waals surface area contributed by atoms with Crippen LogP contribution in [0.5, 0.6) is 0 Å². The summed E-state index contributed by atoms with van der Waals surface area (Å²) in [5, 5.41) is 2.98. The predicted molar refractivity (Wildman–Crippen MR) is 47.5 cm³/mol. The monoisotopic (exact) mass is 184 g/mol. The Morgan fingerprint density at radius 2 is 2.25 bits per heavy atom. The number of halogens is 1. The zero-order valence-electron chi connectivity index (χ0n) is 6.41. The van der Waals surface area contributed by atoms with Crippen molar-refractivity contribution in [3.05, 3.63) is 29.6 Å². The maximum absolute atomic E-state index is 11.2. The highest BCUT2D eigenvalue weighted by molar-refractivity contribution is 5.99. The highest BCUT2D eigenvalue weighted by Crippen LogP contribution is 2.09. The molecule has 1 N–H and O–H groups in total. The van der Waals surface area contributed by atoms with E-state index in [4.69, 9.17) is 0 Å². The Bertz CT molecular complexity index is 301. The molecular weight excluding hydrogens is 176 g/mol. The molecule has 0 fully saturated rings. The van der Waals surface area contributed by atoms with E-state index < -0.39 is 0 Å². The third-order valence-electron chi connectivity index (χ3n) is 1.77. The summed E-state index contributed by atoms with van der Waals surface area (Å²) in [6, 6.07) is 3.62. The van der Waals surface area contributed by atoms with Crippen molar-refractivity contribution in [2.75, 3.05) is 6.54 Å². The summed E-state index contributed by atoms with van der Waals surface area (Å²) in [6.07, 6.45) is 1.71. The van der Waals surface area contributed by atoms with Gasteiger partial charge in [0.1, 0.15) is 0 Å². The molecule has 1 aromatic heterocycles. The second-order valence-corrected chi connectivity index (χ2v) is 2.52. The number of Topliss-reactive ketones (excluding diaryl/α,β-unsaturated/α-hetero) is 1. The van der Waals surface area contributed by atoms with Gasteiger partial charge in [-0.25, -0.2) is 0 Å². The summed E-state index contributed by atoms with van der Waals surface area (Å²) in [6.45, 7) is 1.15. The molecule has 0 aliphatic carbocycles. The van der Waals surface area contributed by atoms with Crippen molar-refractivity contribution in [2.24, 2.45) is 0 Å². The number of hydrogen-bond acceptors (Lipinski definition) is 3. The zero-order chi connectivity index (χ0) is 7.68. The maximum Gasteiger partial charge on any atom is 0.178 e. The Morgan fingerprint density at radius 1 is 1.42 bits per heavy atom. The number of fused-ring (bicyclic) bond motifs is 1. The molecule has 1 aromatic rings. The third kappa shape index (κ3) is 1.47. The number of nitrogens with zero attached hydrogens (tertiary/aromatic N) is 1. The van der Waals surface area contributed by atoms with Gasteiger partial charge in [0.05, 0.1) is 12.2 Å². The van der Waals surface area contributed by atoms with E-state index in [0.29, 0.717) is 13.1 Å². The highest BCUT2D eigenvalue weighted by atomic mass is 35.5. The SMILES string of the molecule is Cl.O=C1CNCc2ncccc21. The van der Waals surface area contributed by atoms with Gasteiger partial charge in [0.15, 0.2) is 5.78 Å². The fraction of sp³-hybridized carbons (Fsp3) is 0.250. The number of nitrogens with one attached hydrogen (secondary N) is 1. The molecule has 0 saturated heterocycles. The van der Waals surface area contributed by atoms with E-state index in [2.05, 4.69) is 10.3 Å². The van der Waals surface area contributed by atoms with Gasteiger partial charge in [-0.1, -0.05) is 0 Å². The van der Waals surface area contributed by atoms with E-state index in [9.17, 15) is 4.79 Å². The smallest absolute Gasteiger partial charge is 0.178 e. The second-order valence-electron chi connectivity index (χ2n) is 2.52. The fourth-order valence-electron chi connectivity index (χ4n) is 1.22. The van der Waals surface area contributed by atoms with E-state index in [1.807, 2.05) is 6.07 Å². The summed E-state index contributed by atoms with van der Waals surface area (Å²) >= 11 is 0. The molecule has 3 nitrogen and oxygen atoms in total. The van der Waals surface area contributed by atoms with Crippen LogP contribution in [0.3, 0.4) is 0 Å². The molecule has 2 rings (SSSR count). The van der Waals surface area contributed by atoms with Gasteiger partial charge in [-0.05, 0) is 12.1 Å². The normalized spacial score (nSPS) is 14.8. The summed E-state index contributed by atoms with van der Waals surface area (Å²) < 4.78 is 0. The third-order valence-corrected chi connectivity index (χ3v) is 1.77. The lowest BCUT2D eigenvalue weighted by atomic mass is 10.1. The van der Waals surface area contributed by atoms with Crippen molar-refractivity contribution in [1.82, 2.24) is 10.3 Å². The molecule has 0 atom stereocenters. The molecule has 0 saturated carbocycles. The van der Waals surface area contributed by atoms with Crippen molar-refractivity contribution in [2.45, 2.75) is 6.54 Å². The Morgan fingerprint density at radius 3 is 3.00 bits per heavy atom. The van der Waals surface area contributed by atoms with Gasteiger partial charge in [0.2, 0.25) is 0 Å². The van der Waals surface area contributed by atoms with E-state index in [1.165, 1.54) is 0 Å². The predicted octanol–water partition coefficient (Wildman–Crippen LogP) is 0.789. The molecule has 0 radical (unpaired) electrons. The minimum Gasteiger partial charge on any atom is -0.304 e. The first-order valence-electron chi connectivity index (χ1n) is 3.56. The summed E-state index contributed by atoms with van der Waals surface area (Å²) in [5.74, 6) is 0.138. The first-order valence-corrected chi connectivity index (χ1v) is 3.56.